The molecule has 3 fully saturated rings. The van der Waals surface area contributed by atoms with Crippen LogP contribution in [0.2, 0.25) is 0 Å². The molecule has 1 aliphatic carbocycles. The van der Waals surface area contributed by atoms with Crippen molar-refractivity contribution in [3.05, 3.63) is 47.8 Å². The van der Waals surface area contributed by atoms with Gasteiger partial charge >= 0.3 is 0 Å². The van der Waals surface area contributed by atoms with Crippen LogP contribution >= 0.6 is 0 Å². The SMILES string of the molecule is Cc1cnc2cc(N3CCOCC3)cc(OC3CCC(Cc4ncc(C5CCN(C)CC5)cn4)CC3)c2n1. The van der Waals surface area contributed by atoms with Crippen LogP contribution < -0.4 is 9.64 Å². The average molecular weight is 517 g/mol. The Labute approximate surface area is 225 Å². The molecule has 0 radical (unpaired) electrons. The van der Waals surface area contributed by atoms with Crippen LogP contribution in [-0.2, 0) is 11.2 Å². The Morgan fingerprint density at radius 3 is 2.37 bits per heavy atom. The Balaban J connectivity index is 1.08. The quantitative estimate of drug-likeness (QED) is 0.472. The maximum Gasteiger partial charge on any atom is 0.149 e. The molecular weight excluding hydrogens is 476 g/mol. The van der Waals surface area contributed by atoms with Gasteiger partial charge in [0.15, 0.2) is 0 Å². The highest BCUT2D eigenvalue weighted by Gasteiger charge is 2.26. The van der Waals surface area contributed by atoms with Crippen LogP contribution in [0.25, 0.3) is 11.0 Å². The van der Waals surface area contributed by atoms with Crippen molar-refractivity contribution in [3.8, 4) is 5.75 Å². The third kappa shape index (κ3) is 5.91. The standard InChI is InChI=1S/C30H40N6O2/c1-21-18-31-27-16-25(36-11-13-37-14-12-36)17-28(30(27)34-21)38-26-5-3-22(4-6-26)15-29-32-19-24(20-33-29)23-7-9-35(2)10-8-23/h16-20,22-23,26H,3-15H2,1-2H3. The van der Waals surface area contributed by atoms with E-state index in [1.807, 2.05) is 13.1 Å². The second-order valence-corrected chi connectivity index (χ2v) is 11.4. The van der Waals surface area contributed by atoms with E-state index < -0.39 is 0 Å². The van der Waals surface area contributed by atoms with E-state index in [1.54, 1.807) is 0 Å². The first kappa shape index (κ1) is 25.4. The van der Waals surface area contributed by atoms with Crippen molar-refractivity contribution in [1.82, 2.24) is 24.8 Å². The van der Waals surface area contributed by atoms with Crippen LogP contribution in [0.3, 0.4) is 0 Å². The predicted octanol–water partition coefficient (Wildman–Crippen LogP) is 4.55. The van der Waals surface area contributed by atoms with Gasteiger partial charge in [0.25, 0.3) is 0 Å². The molecule has 0 spiro atoms. The molecule has 4 heterocycles. The van der Waals surface area contributed by atoms with E-state index in [4.69, 9.17) is 24.4 Å². The van der Waals surface area contributed by atoms with Gasteiger partial charge in [0.2, 0.25) is 0 Å². The maximum absolute atomic E-state index is 6.65. The molecule has 1 aromatic carbocycles. The van der Waals surface area contributed by atoms with Gasteiger partial charge in [-0.05, 0) is 89.1 Å². The number of aromatic nitrogens is 4. The summed E-state index contributed by atoms with van der Waals surface area (Å²) in [5, 5.41) is 0. The molecule has 0 bridgehead atoms. The number of ether oxygens (including phenoxy) is 2. The Hall–Kier alpha value is -2.84. The number of benzene rings is 1. The van der Waals surface area contributed by atoms with Crippen molar-refractivity contribution in [1.29, 1.82) is 0 Å². The largest absolute Gasteiger partial charge is 0.488 e. The second kappa shape index (κ2) is 11.5. The Morgan fingerprint density at radius 1 is 0.895 bits per heavy atom. The Kier molecular flexibility index (Phi) is 7.70. The van der Waals surface area contributed by atoms with Crippen molar-refractivity contribution in [2.45, 2.75) is 63.9 Å². The third-order valence-electron chi connectivity index (χ3n) is 8.57. The number of hydrogen-bond donors (Lipinski definition) is 0. The smallest absolute Gasteiger partial charge is 0.149 e. The van der Waals surface area contributed by atoms with Gasteiger partial charge < -0.3 is 19.3 Å². The number of likely N-dealkylation sites (tertiary alicyclic amines) is 1. The van der Waals surface area contributed by atoms with Crippen molar-refractivity contribution in [2.24, 2.45) is 5.92 Å². The molecule has 2 aliphatic heterocycles. The van der Waals surface area contributed by atoms with E-state index in [0.717, 1.165) is 105 Å². The van der Waals surface area contributed by atoms with E-state index in [2.05, 4.69) is 46.4 Å². The number of fused-ring (bicyclic) bond motifs is 1. The van der Waals surface area contributed by atoms with Gasteiger partial charge in [0.05, 0.1) is 30.5 Å². The molecule has 2 aromatic heterocycles. The minimum Gasteiger partial charge on any atom is -0.488 e. The topological polar surface area (TPSA) is 76.5 Å². The summed E-state index contributed by atoms with van der Waals surface area (Å²) in [4.78, 5) is 23.8. The lowest BCUT2D eigenvalue weighted by Crippen LogP contribution is -2.36. The van der Waals surface area contributed by atoms with Gasteiger partial charge in [-0.3, -0.25) is 4.98 Å². The number of hydrogen-bond acceptors (Lipinski definition) is 8. The summed E-state index contributed by atoms with van der Waals surface area (Å²) >= 11 is 0. The molecule has 2 saturated heterocycles. The monoisotopic (exact) mass is 516 g/mol. The molecule has 202 valence electrons. The first-order valence-electron chi connectivity index (χ1n) is 14.4. The minimum absolute atomic E-state index is 0.199. The number of nitrogens with zero attached hydrogens (tertiary/aromatic N) is 6. The van der Waals surface area contributed by atoms with Gasteiger partial charge in [-0.2, -0.15) is 0 Å². The summed E-state index contributed by atoms with van der Waals surface area (Å²) in [6.45, 7) is 7.59. The number of rotatable bonds is 6. The van der Waals surface area contributed by atoms with E-state index in [1.165, 1.54) is 18.4 Å². The lowest BCUT2D eigenvalue weighted by atomic mass is 9.85. The Morgan fingerprint density at radius 2 is 1.63 bits per heavy atom. The van der Waals surface area contributed by atoms with E-state index in [-0.39, 0.29) is 6.10 Å². The van der Waals surface area contributed by atoms with Crippen LogP contribution in [0.4, 0.5) is 5.69 Å². The fraction of sp³-hybridized carbons (Fsp3) is 0.600. The van der Waals surface area contributed by atoms with E-state index in [0.29, 0.717) is 11.8 Å². The van der Waals surface area contributed by atoms with Crippen LogP contribution in [0.15, 0.2) is 30.7 Å². The first-order valence-corrected chi connectivity index (χ1v) is 14.4. The van der Waals surface area contributed by atoms with E-state index in [9.17, 15) is 0 Å². The van der Waals surface area contributed by atoms with E-state index >= 15 is 0 Å². The number of piperidine rings is 1. The molecule has 8 heteroatoms. The van der Waals surface area contributed by atoms with Gasteiger partial charge in [0.1, 0.15) is 17.1 Å². The van der Waals surface area contributed by atoms with Crippen LogP contribution in [0.5, 0.6) is 5.75 Å². The highest BCUT2D eigenvalue weighted by atomic mass is 16.5. The highest BCUT2D eigenvalue weighted by Crippen LogP contribution is 2.35. The zero-order chi connectivity index (χ0) is 25.9. The molecule has 1 saturated carbocycles. The van der Waals surface area contributed by atoms with Gasteiger partial charge in [-0.15, -0.1) is 0 Å². The fourth-order valence-corrected chi connectivity index (χ4v) is 6.17. The zero-order valence-corrected chi connectivity index (χ0v) is 22.8. The van der Waals surface area contributed by atoms with Crippen molar-refractivity contribution in [3.63, 3.8) is 0 Å². The molecule has 38 heavy (non-hydrogen) atoms. The second-order valence-electron chi connectivity index (χ2n) is 11.4. The van der Waals surface area contributed by atoms with Gasteiger partial charge in [0, 0.05) is 49.9 Å². The fourth-order valence-electron chi connectivity index (χ4n) is 6.17. The highest BCUT2D eigenvalue weighted by molar-refractivity contribution is 5.85. The van der Waals surface area contributed by atoms with Crippen LogP contribution in [0.1, 0.15) is 61.5 Å². The third-order valence-corrected chi connectivity index (χ3v) is 8.57. The predicted molar refractivity (Wildman–Crippen MR) is 149 cm³/mol. The maximum atomic E-state index is 6.65. The normalized spacial score (nSPS) is 23.6. The van der Waals surface area contributed by atoms with Crippen molar-refractivity contribution < 1.29 is 9.47 Å². The number of anilines is 1. The first-order chi connectivity index (χ1) is 18.6. The molecular formula is C30H40N6O2. The summed E-state index contributed by atoms with van der Waals surface area (Å²) in [6, 6.07) is 4.29. The summed E-state index contributed by atoms with van der Waals surface area (Å²) < 4.78 is 12.2. The molecule has 8 nitrogen and oxygen atoms in total. The van der Waals surface area contributed by atoms with Crippen LogP contribution in [-0.4, -0.2) is 77.4 Å². The minimum atomic E-state index is 0.199. The number of aryl methyl sites for hydroxylation is 1. The van der Waals surface area contributed by atoms with Gasteiger partial charge in [-0.25, -0.2) is 15.0 Å². The van der Waals surface area contributed by atoms with Crippen LogP contribution in [0, 0.1) is 12.8 Å². The molecule has 6 rings (SSSR count). The molecule has 0 atom stereocenters. The molecule has 0 N–H and O–H groups in total. The lowest BCUT2D eigenvalue weighted by Gasteiger charge is -2.31. The van der Waals surface area contributed by atoms with Crippen molar-refractivity contribution in [2.75, 3.05) is 51.3 Å². The van der Waals surface area contributed by atoms with Crippen molar-refractivity contribution >= 4 is 16.7 Å². The number of morpholine rings is 1. The zero-order valence-electron chi connectivity index (χ0n) is 22.8. The Bertz CT molecular complexity index is 1210. The molecule has 3 aromatic rings. The molecule has 0 unspecified atom stereocenters. The average Bonchev–Trinajstić information content (AvgIpc) is 2.95. The summed E-state index contributed by atoms with van der Waals surface area (Å²) in [7, 11) is 2.20. The summed E-state index contributed by atoms with van der Waals surface area (Å²) in [5.41, 5.74) is 5.12. The lowest BCUT2D eigenvalue weighted by molar-refractivity contribution is 0.122. The van der Waals surface area contributed by atoms with Gasteiger partial charge in [-0.1, -0.05) is 0 Å². The summed E-state index contributed by atoms with van der Waals surface area (Å²) in [6.07, 6.45) is 13.9. The molecule has 0 amide bonds. The summed E-state index contributed by atoms with van der Waals surface area (Å²) in [5.74, 6) is 3.07. The molecule has 3 aliphatic rings.